The van der Waals surface area contributed by atoms with E-state index in [2.05, 4.69) is 6.92 Å². The van der Waals surface area contributed by atoms with Crippen LogP contribution in [-0.4, -0.2) is 16.6 Å². The van der Waals surface area contributed by atoms with Gasteiger partial charge < -0.3 is 10.6 Å². The average Bonchev–Trinajstić information content (AvgIpc) is 2.25. The zero-order chi connectivity index (χ0) is 12.1. The van der Waals surface area contributed by atoms with Crippen LogP contribution in [0.4, 0.5) is 0 Å². The first-order valence-electron chi connectivity index (χ1n) is 6.99. The third-order valence-electron chi connectivity index (χ3n) is 2.99. The van der Waals surface area contributed by atoms with Crippen molar-refractivity contribution in [1.82, 2.24) is 0 Å². The molecule has 0 heterocycles. The van der Waals surface area contributed by atoms with Gasteiger partial charge in [0.1, 0.15) is 0 Å². The molecule has 0 bridgehead atoms. The zero-order valence-electron chi connectivity index (χ0n) is 11.7. The number of aliphatic carboxylic acids is 1. The largest absolute Gasteiger partial charge is 0.481 e. The van der Waals surface area contributed by atoms with Crippen LogP contribution < -0.4 is 0 Å². The molecular formula is C14H31ClO3. The van der Waals surface area contributed by atoms with Gasteiger partial charge in [0.05, 0.1) is 0 Å². The molecule has 0 aromatic rings. The molecule has 0 aromatic heterocycles. The summed E-state index contributed by atoms with van der Waals surface area (Å²) in [6.07, 6.45) is 14.4. The lowest BCUT2D eigenvalue weighted by Crippen LogP contribution is -1.93. The van der Waals surface area contributed by atoms with E-state index in [0.717, 1.165) is 12.8 Å². The highest BCUT2D eigenvalue weighted by atomic mass is 35.5. The maximum absolute atomic E-state index is 10.3. The Morgan fingerprint density at radius 1 is 0.778 bits per heavy atom. The van der Waals surface area contributed by atoms with Gasteiger partial charge in [-0.3, -0.25) is 4.79 Å². The van der Waals surface area contributed by atoms with Crippen molar-refractivity contribution in [1.29, 1.82) is 0 Å². The number of halogens is 1. The van der Waals surface area contributed by atoms with Crippen LogP contribution in [-0.2, 0) is 4.79 Å². The Hall–Kier alpha value is -0.280. The van der Waals surface area contributed by atoms with Gasteiger partial charge >= 0.3 is 5.97 Å². The van der Waals surface area contributed by atoms with Crippen LogP contribution in [0, 0.1) is 0 Å². The standard InChI is InChI=1S/C14H28O2.ClH.H2O/c1-2-3-4-5-6-7-8-9-10-11-12-13-14(15)16;;/h2-13H2,1H3,(H,15,16);1H;1H2. The monoisotopic (exact) mass is 282 g/mol. The van der Waals surface area contributed by atoms with Gasteiger partial charge in [-0.25, -0.2) is 0 Å². The quantitative estimate of drug-likeness (QED) is 0.540. The van der Waals surface area contributed by atoms with Crippen LogP contribution in [0.3, 0.4) is 0 Å². The van der Waals surface area contributed by atoms with Crippen molar-refractivity contribution in [3.63, 3.8) is 0 Å². The lowest BCUT2D eigenvalue weighted by Gasteiger charge is -2.01. The van der Waals surface area contributed by atoms with E-state index in [-0.39, 0.29) is 17.9 Å². The topological polar surface area (TPSA) is 68.8 Å². The molecule has 0 aliphatic rings. The average molecular weight is 283 g/mol. The molecule has 0 rings (SSSR count). The zero-order valence-corrected chi connectivity index (χ0v) is 12.6. The molecule has 0 aliphatic heterocycles. The predicted molar refractivity (Wildman–Crippen MR) is 79.6 cm³/mol. The Morgan fingerprint density at radius 3 is 1.44 bits per heavy atom. The second-order valence-electron chi connectivity index (χ2n) is 4.68. The molecule has 0 saturated heterocycles. The number of carbonyl (C=O) groups is 1. The van der Waals surface area contributed by atoms with Gasteiger partial charge in [0, 0.05) is 6.42 Å². The fourth-order valence-electron chi connectivity index (χ4n) is 1.94. The summed E-state index contributed by atoms with van der Waals surface area (Å²) in [4.78, 5) is 10.3. The molecule has 0 aliphatic carbocycles. The summed E-state index contributed by atoms with van der Waals surface area (Å²) in [5.41, 5.74) is 0. The summed E-state index contributed by atoms with van der Waals surface area (Å²) in [5, 5.41) is 8.46. The van der Waals surface area contributed by atoms with Crippen LogP contribution in [0.2, 0.25) is 0 Å². The summed E-state index contributed by atoms with van der Waals surface area (Å²) in [6.45, 7) is 2.25. The van der Waals surface area contributed by atoms with E-state index in [0.29, 0.717) is 6.42 Å². The number of carboxylic acids is 1. The summed E-state index contributed by atoms with van der Waals surface area (Å²) in [6, 6.07) is 0. The van der Waals surface area contributed by atoms with E-state index in [4.69, 9.17) is 5.11 Å². The van der Waals surface area contributed by atoms with Gasteiger partial charge in [-0.1, -0.05) is 71.1 Å². The Labute approximate surface area is 118 Å². The molecule has 18 heavy (non-hydrogen) atoms. The van der Waals surface area contributed by atoms with Gasteiger partial charge in [0.15, 0.2) is 0 Å². The van der Waals surface area contributed by atoms with Gasteiger partial charge in [0.2, 0.25) is 0 Å². The maximum Gasteiger partial charge on any atom is 0.303 e. The minimum atomic E-state index is -0.657. The molecule has 4 heteroatoms. The molecule has 0 atom stereocenters. The Morgan fingerprint density at radius 2 is 1.11 bits per heavy atom. The van der Waals surface area contributed by atoms with E-state index in [1.165, 1.54) is 57.8 Å². The molecule has 3 N–H and O–H groups in total. The van der Waals surface area contributed by atoms with Crippen molar-refractivity contribution >= 4 is 18.4 Å². The van der Waals surface area contributed by atoms with Gasteiger partial charge in [0.25, 0.3) is 0 Å². The minimum absolute atomic E-state index is 0. The van der Waals surface area contributed by atoms with Crippen molar-refractivity contribution < 1.29 is 15.4 Å². The number of carboxylic acid groups (broad SMARTS) is 1. The Balaban J connectivity index is -0.00000112. The van der Waals surface area contributed by atoms with Gasteiger partial charge in [-0.15, -0.1) is 12.4 Å². The molecule has 3 nitrogen and oxygen atoms in total. The van der Waals surface area contributed by atoms with Gasteiger partial charge in [-0.05, 0) is 6.42 Å². The van der Waals surface area contributed by atoms with Crippen LogP contribution in [0.25, 0.3) is 0 Å². The minimum Gasteiger partial charge on any atom is -0.481 e. The van der Waals surface area contributed by atoms with Crippen molar-refractivity contribution in [3.05, 3.63) is 0 Å². The summed E-state index contributed by atoms with van der Waals surface area (Å²) in [7, 11) is 0. The molecule has 0 unspecified atom stereocenters. The molecule has 0 aromatic carbocycles. The maximum atomic E-state index is 10.3. The SMILES string of the molecule is CCCCCCCCCCCCCC(=O)O.Cl.O. The molecule has 112 valence electrons. The van der Waals surface area contributed by atoms with Crippen molar-refractivity contribution in [2.45, 2.75) is 84.0 Å². The molecule has 0 spiro atoms. The van der Waals surface area contributed by atoms with Crippen LogP contribution >= 0.6 is 12.4 Å². The molecule has 0 radical (unpaired) electrons. The number of hydrogen-bond donors (Lipinski definition) is 1. The number of hydrogen-bond acceptors (Lipinski definition) is 1. The van der Waals surface area contributed by atoms with E-state index in [1.54, 1.807) is 0 Å². The number of rotatable bonds is 12. The first-order chi connectivity index (χ1) is 7.77. The second kappa shape index (κ2) is 19.1. The van der Waals surface area contributed by atoms with Crippen LogP contribution in [0.15, 0.2) is 0 Å². The lowest BCUT2D eigenvalue weighted by atomic mass is 10.1. The highest BCUT2D eigenvalue weighted by molar-refractivity contribution is 5.85. The Kier molecular flexibility index (Phi) is 24.2. The molecular weight excluding hydrogens is 252 g/mol. The first-order valence-corrected chi connectivity index (χ1v) is 6.99. The fourth-order valence-corrected chi connectivity index (χ4v) is 1.94. The van der Waals surface area contributed by atoms with Crippen LogP contribution in [0.1, 0.15) is 84.0 Å². The molecule has 0 fully saturated rings. The van der Waals surface area contributed by atoms with E-state index >= 15 is 0 Å². The lowest BCUT2D eigenvalue weighted by molar-refractivity contribution is -0.137. The van der Waals surface area contributed by atoms with E-state index in [1.807, 2.05) is 0 Å². The number of unbranched alkanes of at least 4 members (excludes halogenated alkanes) is 10. The Bertz CT molecular complexity index is 163. The van der Waals surface area contributed by atoms with Crippen molar-refractivity contribution in [2.24, 2.45) is 0 Å². The van der Waals surface area contributed by atoms with E-state index < -0.39 is 5.97 Å². The van der Waals surface area contributed by atoms with Crippen molar-refractivity contribution in [3.8, 4) is 0 Å². The molecule has 0 amide bonds. The summed E-state index contributed by atoms with van der Waals surface area (Å²) in [5.74, 6) is -0.657. The highest BCUT2D eigenvalue weighted by Crippen LogP contribution is 2.11. The summed E-state index contributed by atoms with van der Waals surface area (Å²) >= 11 is 0. The third kappa shape index (κ3) is 21.1. The summed E-state index contributed by atoms with van der Waals surface area (Å²) < 4.78 is 0. The van der Waals surface area contributed by atoms with Crippen molar-refractivity contribution in [2.75, 3.05) is 0 Å². The third-order valence-corrected chi connectivity index (χ3v) is 2.99. The normalized spacial score (nSPS) is 9.39. The molecule has 0 saturated carbocycles. The smallest absolute Gasteiger partial charge is 0.303 e. The van der Waals surface area contributed by atoms with E-state index in [9.17, 15) is 4.79 Å². The first kappa shape index (κ1) is 22.9. The second-order valence-corrected chi connectivity index (χ2v) is 4.68. The fraction of sp³-hybridized carbons (Fsp3) is 0.929. The van der Waals surface area contributed by atoms with Crippen LogP contribution in [0.5, 0.6) is 0 Å². The van der Waals surface area contributed by atoms with Gasteiger partial charge in [-0.2, -0.15) is 0 Å². The highest BCUT2D eigenvalue weighted by Gasteiger charge is 1.96. The predicted octanol–water partition coefficient (Wildman–Crippen LogP) is 4.37.